The fraction of sp³-hybridized carbons (Fsp3) is 0.238. The number of aromatic nitrogens is 5. The number of fused-ring (bicyclic) bond motifs is 1. The zero-order valence-electron chi connectivity index (χ0n) is 17.5. The molecule has 0 aliphatic heterocycles. The van der Waals surface area contributed by atoms with Crippen molar-refractivity contribution in [3.05, 3.63) is 52.2 Å². The van der Waals surface area contributed by atoms with Crippen molar-refractivity contribution < 1.29 is 9.59 Å². The quantitative estimate of drug-likeness (QED) is 0.349. The predicted molar refractivity (Wildman–Crippen MR) is 122 cm³/mol. The zero-order chi connectivity index (χ0) is 22.1. The zero-order valence-corrected chi connectivity index (χ0v) is 19.1. The first-order chi connectivity index (χ1) is 14.9. The summed E-state index contributed by atoms with van der Waals surface area (Å²) in [6, 6.07) is 9.46. The van der Waals surface area contributed by atoms with Gasteiger partial charge in [0, 0.05) is 29.4 Å². The maximum atomic E-state index is 12.8. The van der Waals surface area contributed by atoms with Crippen LogP contribution in [0, 0.1) is 13.8 Å². The summed E-state index contributed by atoms with van der Waals surface area (Å²) in [5.41, 5.74) is 3.75. The minimum Gasteiger partial charge on any atom is -0.302 e. The largest absolute Gasteiger partial charge is 0.302 e. The second kappa shape index (κ2) is 8.56. The van der Waals surface area contributed by atoms with Gasteiger partial charge in [-0.3, -0.25) is 9.59 Å². The highest BCUT2D eigenvalue weighted by Gasteiger charge is 2.20. The van der Waals surface area contributed by atoms with Crippen LogP contribution in [0.15, 0.2) is 35.5 Å². The SMILES string of the molecule is CSc1nc2nc(C)c(CC(=O)Nc3nc(-c4ccccc4)c(C(C)=O)s3)c(C)n2n1. The molecule has 0 saturated heterocycles. The number of aryl methyl sites for hydroxylation is 2. The van der Waals surface area contributed by atoms with Crippen LogP contribution in [0.3, 0.4) is 0 Å². The van der Waals surface area contributed by atoms with E-state index in [1.165, 1.54) is 30.0 Å². The van der Waals surface area contributed by atoms with Crippen molar-refractivity contribution in [2.24, 2.45) is 0 Å². The standard InChI is InChI=1S/C21H20N6O2S2/c1-11-15(12(2)27-19(22-11)25-21(26-27)30-4)10-16(29)23-20-24-17(18(31-20)13(3)28)14-8-6-5-7-9-14/h5-9H,10H2,1-4H3,(H,23,24,29). The normalized spacial score (nSPS) is 11.1. The van der Waals surface area contributed by atoms with Crippen LogP contribution in [0.1, 0.15) is 33.5 Å². The van der Waals surface area contributed by atoms with E-state index < -0.39 is 0 Å². The number of carbonyl (C=O) groups is 2. The van der Waals surface area contributed by atoms with Crippen molar-refractivity contribution >= 4 is 45.7 Å². The Morgan fingerprint density at radius 2 is 1.87 bits per heavy atom. The molecule has 1 N–H and O–H groups in total. The number of rotatable bonds is 6. The highest BCUT2D eigenvalue weighted by atomic mass is 32.2. The van der Waals surface area contributed by atoms with E-state index in [9.17, 15) is 9.59 Å². The number of ketones is 1. The fourth-order valence-corrected chi connectivity index (χ4v) is 4.50. The number of hydrogen-bond acceptors (Lipinski definition) is 8. The fourth-order valence-electron chi connectivity index (χ4n) is 3.26. The van der Waals surface area contributed by atoms with Gasteiger partial charge in [0.25, 0.3) is 5.78 Å². The van der Waals surface area contributed by atoms with Gasteiger partial charge in [0.2, 0.25) is 11.1 Å². The van der Waals surface area contributed by atoms with E-state index in [1.807, 2.05) is 50.4 Å². The summed E-state index contributed by atoms with van der Waals surface area (Å²) in [4.78, 5) is 38.8. The highest BCUT2D eigenvalue weighted by molar-refractivity contribution is 7.98. The van der Waals surface area contributed by atoms with E-state index >= 15 is 0 Å². The van der Waals surface area contributed by atoms with Crippen LogP contribution in [-0.2, 0) is 11.2 Å². The number of carbonyl (C=O) groups excluding carboxylic acids is 2. The van der Waals surface area contributed by atoms with Crippen LogP contribution in [0.5, 0.6) is 0 Å². The van der Waals surface area contributed by atoms with Gasteiger partial charge in [0.15, 0.2) is 10.9 Å². The monoisotopic (exact) mass is 452 g/mol. The maximum Gasteiger partial charge on any atom is 0.253 e. The van der Waals surface area contributed by atoms with Crippen molar-refractivity contribution in [3.8, 4) is 11.3 Å². The first-order valence-electron chi connectivity index (χ1n) is 9.51. The van der Waals surface area contributed by atoms with Gasteiger partial charge in [-0.05, 0) is 20.1 Å². The summed E-state index contributed by atoms with van der Waals surface area (Å²) in [6.07, 6.45) is 2.02. The Kier molecular flexibility index (Phi) is 5.84. The van der Waals surface area contributed by atoms with E-state index in [0.717, 1.165) is 22.5 Å². The predicted octanol–water partition coefficient (Wildman–Crippen LogP) is 3.97. The van der Waals surface area contributed by atoms with Gasteiger partial charge in [-0.15, -0.1) is 5.10 Å². The molecule has 8 nitrogen and oxygen atoms in total. The minimum absolute atomic E-state index is 0.0889. The van der Waals surface area contributed by atoms with Crippen LogP contribution in [0.2, 0.25) is 0 Å². The number of Topliss-reactive ketones (excluding diaryl/α,β-unsaturated/α-hetero) is 1. The van der Waals surface area contributed by atoms with Gasteiger partial charge < -0.3 is 5.32 Å². The number of amides is 1. The number of benzene rings is 1. The molecule has 31 heavy (non-hydrogen) atoms. The Bertz CT molecular complexity index is 1300. The summed E-state index contributed by atoms with van der Waals surface area (Å²) in [5, 5.41) is 8.27. The molecule has 0 atom stereocenters. The summed E-state index contributed by atoms with van der Waals surface area (Å²) >= 11 is 2.62. The lowest BCUT2D eigenvalue weighted by Crippen LogP contribution is -2.17. The molecule has 0 aliphatic rings. The molecule has 0 fully saturated rings. The summed E-state index contributed by atoms with van der Waals surface area (Å²) < 4.78 is 1.66. The first kappa shape index (κ1) is 21.1. The molecule has 10 heteroatoms. The van der Waals surface area contributed by atoms with Gasteiger partial charge in [-0.25, -0.2) is 14.5 Å². The second-order valence-electron chi connectivity index (χ2n) is 6.92. The molecule has 3 heterocycles. The van der Waals surface area contributed by atoms with Crippen molar-refractivity contribution in [1.82, 2.24) is 24.6 Å². The molecule has 4 aromatic rings. The Hall–Kier alpha value is -3.11. The average Bonchev–Trinajstić information content (AvgIpc) is 3.36. The number of anilines is 1. The first-order valence-corrected chi connectivity index (χ1v) is 11.6. The third kappa shape index (κ3) is 4.21. The average molecular weight is 453 g/mol. The van der Waals surface area contributed by atoms with E-state index in [1.54, 1.807) is 4.52 Å². The van der Waals surface area contributed by atoms with Crippen molar-refractivity contribution in [3.63, 3.8) is 0 Å². The van der Waals surface area contributed by atoms with Gasteiger partial charge in [-0.2, -0.15) is 4.98 Å². The topological polar surface area (TPSA) is 102 Å². The summed E-state index contributed by atoms with van der Waals surface area (Å²) in [6.45, 7) is 5.25. The molecule has 0 aliphatic carbocycles. The molecule has 0 radical (unpaired) electrons. The van der Waals surface area contributed by atoms with Gasteiger partial charge in [0.05, 0.1) is 17.0 Å². The number of thiazole rings is 1. The molecule has 0 saturated carbocycles. The van der Waals surface area contributed by atoms with E-state index in [-0.39, 0.29) is 18.1 Å². The molecule has 3 aromatic heterocycles. The highest BCUT2D eigenvalue weighted by Crippen LogP contribution is 2.31. The van der Waals surface area contributed by atoms with Crippen LogP contribution in [0.4, 0.5) is 5.13 Å². The van der Waals surface area contributed by atoms with Crippen molar-refractivity contribution in [2.75, 3.05) is 11.6 Å². The van der Waals surface area contributed by atoms with E-state index in [2.05, 4.69) is 25.4 Å². The molecular weight excluding hydrogens is 432 g/mol. The number of hydrogen-bond donors (Lipinski definition) is 1. The molecule has 1 amide bonds. The summed E-state index contributed by atoms with van der Waals surface area (Å²) in [5.74, 6) is 0.192. The third-order valence-corrected chi connectivity index (χ3v) is 6.40. The summed E-state index contributed by atoms with van der Waals surface area (Å²) in [7, 11) is 0. The van der Waals surface area contributed by atoms with Crippen LogP contribution in [0.25, 0.3) is 17.0 Å². The van der Waals surface area contributed by atoms with Crippen molar-refractivity contribution in [2.45, 2.75) is 32.3 Å². The van der Waals surface area contributed by atoms with Crippen LogP contribution in [-0.4, -0.2) is 42.5 Å². The lowest BCUT2D eigenvalue weighted by Gasteiger charge is -2.09. The molecule has 0 spiro atoms. The lowest BCUT2D eigenvalue weighted by molar-refractivity contribution is -0.115. The molecule has 0 unspecified atom stereocenters. The van der Waals surface area contributed by atoms with Gasteiger partial charge in [0.1, 0.15) is 0 Å². The second-order valence-corrected chi connectivity index (χ2v) is 8.69. The Morgan fingerprint density at radius 1 is 1.13 bits per heavy atom. The van der Waals surface area contributed by atoms with E-state index in [0.29, 0.717) is 26.6 Å². The van der Waals surface area contributed by atoms with Crippen LogP contribution >= 0.6 is 23.1 Å². The number of nitrogens with one attached hydrogen (secondary N) is 1. The van der Waals surface area contributed by atoms with Gasteiger partial charge >= 0.3 is 0 Å². The molecule has 158 valence electrons. The number of thioether (sulfide) groups is 1. The maximum absolute atomic E-state index is 12.8. The molecule has 1 aromatic carbocycles. The molecule has 4 rings (SSSR count). The minimum atomic E-state index is -0.235. The Morgan fingerprint density at radius 3 is 2.55 bits per heavy atom. The Labute approximate surface area is 187 Å². The number of nitrogens with zero attached hydrogens (tertiary/aromatic N) is 5. The smallest absolute Gasteiger partial charge is 0.253 e. The third-order valence-electron chi connectivity index (χ3n) is 4.79. The Balaban J connectivity index is 1.60. The van der Waals surface area contributed by atoms with Gasteiger partial charge in [-0.1, -0.05) is 53.4 Å². The lowest BCUT2D eigenvalue weighted by atomic mass is 10.1. The molecule has 0 bridgehead atoms. The molecular formula is C21H20N6O2S2. The van der Waals surface area contributed by atoms with Crippen LogP contribution < -0.4 is 5.32 Å². The van der Waals surface area contributed by atoms with E-state index in [4.69, 9.17) is 0 Å². The van der Waals surface area contributed by atoms with Crippen molar-refractivity contribution in [1.29, 1.82) is 0 Å².